The maximum absolute atomic E-state index is 9.57. The lowest BCUT2D eigenvalue weighted by molar-refractivity contribution is 0.0835. The minimum absolute atomic E-state index is 0.000402. The van der Waals surface area contributed by atoms with Crippen LogP contribution in [0.25, 0.3) is 0 Å². The summed E-state index contributed by atoms with van der Waals surface area (Å²) in [5.41, 5.74) is 0.000402. The third-order valence-electron chi connectivity index (χ3n) is 5.03. The number of piperidine rings is 1. The highest BCUT2D eigenvalue weighted by Gasteiger charge is 2.41. The van der Waals surface area contributed by atoms with Crippen molar-refractivity contribution in [2.75, 3.05) is 20.2 Å². The molecule has 2 N–H and O–H groups in total. The van der Waals surface area contributed by atoms with Crippen molar-refractivity contribution in [2.24, 2.45) is 0 Å². The summed E-state index contributed by atoms with van der Waals surface area (Å²) in [6.07, 6.45) is 8.91. The summed E-state index contributed by atoms with van der Waals surface area (Å²) in [4.78, 5) is 2.73. The molecule has 1 saturated carbocycles. The summed E-state index contributed by atoms with van der Waals surface area (Å²) in [6.45, 7) is 3.87. The van der Waals surface area contributed by atoms with E-state index >= 15 is 0 Å². The summed E-state index contributed by atoms with van der Waals surface area (Å²) in [5, 5.41) is 12.9. The SMILES string of the molecule is CCC1CCCCN1C1CCC(CO)(NC)C1. The van der Waals surface area contributed by atoms with E-state index in [2.05, 4.69) is 17.1 Å². The molecule has 0 bridgehead atoms. The Morgan fingerprint density at radius 3 is 2.76 bits per heavy atom. The number of rotatable bonds is 4. The van der Waals surface area contributed by atoms with Gasteiger partial charge in [-0.15, -0.1) is 0 Å². The van der Waals surface area contributed by atoms with Crippen LogP contribution in [0.15, 0.2) is 0 Å². The number of aliphatic hydroxyl groups excluding tert-OH is 1. The van der Waals surface area contributed by atoms with E-state index in [4.69, 9.17) is 0 Å². The Balaban J connectivity index is 1.98. The van der Waals surface area contributed by atoms with E-state index in [1.54, 1.807) is 0 Å². The van der Waals surface area contributed by atoms with Gasteiger partial charge in [0.1, 0.15) is 0 Å². The molecule has 0 aromatic carbocycles. The van der Waals surface area contributed by atoms with Gasteiger partial charge in [0.15, 0.2) is 0 Å². The average Bonchev–Trinajstić information content (AvgIpc) is 2.83. The van der Waals surface area contributed by atoms with Gasteiger partial charge >= 0.3 is 0 Å². The van der Waals surface area contributed by atoms with Gasteiger partial charge in [-0.1, -0.05) is 13.3 Å². The summed E-state index contributed by atoms with van der Waals surface area (Å²) in [5.74, 6) is 0. The van der Waals surface area contributed by atoms with Gasteiger partial charge < -0.3 is 10.4 Å². The highest BCUT2D eigenvalue weighted by Crippen LogP contribution is 2.36. The van der Waals surface area contributed by atoms with Crippen LogP contribution in [0.1, 0.15) is 51.9 Å². The van der Waals surface area contributed by atoms with Crippen LogP contribution in [-0.4, -0.2) is 47.8 Å². The van der Waals surface area contributed by atoms with E-state index in [0.29, 0.717) is 6.04 Å². The van der Waals surface area contributed by atoms with Crippen LogP contribution < -0.4 is 5.32 Å². The van der Waals surface area contributed by atoms with Gasteiger partial charge in [-0.2, -0.15) is 0 Å². The third-order valence-corrected chi connectivity index (χ3v) is 5.03. The van der Waals surface area contributed by atoms with Crippen molar-refractivity contribution in [1.82, 2.24) is 10.2 Å². The van der Waals surface area contributed by atoms with E-state index < -0.39 is 0 Å². The molecule has 2 aliphatic rings. The van der Waals surface area contributed by atoms with Gasteiger partial charge in [0.2, 0.25) is 0 Å². The summed E-state index contributed by atoms with van der Waals surface area (Å²) in [6, 6.07) is 1.49. The lowest BCUT2D eigenvalue weighted by Gasteiger charge is -2.40. The van der Waals surface area contributed by atoms with Gasteiger partial charge in [0, 0.05) is 17.6 Å². The molecule has 0 spiro atoms. The third kappa shape index (κ3) is 2.67. The Kier molecular flexibility index (Phi) is 4.45. The summed E-state index contributed by atoms with van der Waals surface area (Å²) in [7, 11) is 1.99. The largest absolute Gasteiger partial charge is 0.394 e. The normalized spacial score (nSPS) is 39.7. The first-order valence-corrected chi connectivity index (χ1v) is 7.30. The molecule has 1 saturated heterocycles. The lowest BCUT2D eigenvalue weighted by atomic mass is 9.95. The molecule has 0 amide bonds. The second-order valence-electron chi connectivity index (χ2n) is 5.88. The first kappa shape index (κ1) is 13.3. The predicted octanol–water partition coefficient (Wildman–Crippen LogP) is 1.75. The number of nitrogens with one attached hydrogen (secondary N) is 1. The Morgan fingerprint density at radius 1 is 1.35 bits per heavy atom. The van der Waals surface area contributed by atoms with Crippen LogP contribution in [-0.2, 0) is 0 Å². The van der Waals surface area contributed by atoms with E-state index in [0.717, 1.165) is 18.9 Å². The number of nitrogens with zero attached hydrogens (tertiary/aromatic N) is 1. The molecule has 3 unspecified atom stereocenters. The second kappa shape index (κ2) is 5.68. The maximum Gasteiger partial charge on any atom is 0.0613 e. The van der Waals surface area contributed by atoms with Gasteiger partial charge in [-0.3, -0.25) is 4.90 Å². The summed E-state index contributed by atoms with van der Waals surface area (Å²) < 4.78 is 0. The zero-order valence-corrected chi connectivity index (χ0v) is 11.4. The van der Waals surface area contributed by atoms with Crippen LogP contribution >= 0.6 is 0 Å². The van der Waals surface area contributed by atoms with Crippen LogP contribution in [0.3, 0.4) is 0 Å². The molecule has 0 radical (unpaired) electrons. The van der Waals surface area contributed by atoms with Crippen LogP contribution in [0, 0.1) is 0 Å². The van der Waals surface area contributed by atoms with E-state index in [-0.39, 0.29) is 12.1 Å². The van der Waals surface area contributed by atoms with Gasteiger partial charge in [-0.05, 0) is 52.1 Å². The molecule has 3 nitrogen and oxygen atoms in total. The van der Waals surface area contributed by atoms with Crippen molar-refractivity contribution in [1.29, 1.82) is 0 Å². The smallest absolute Gasteiger partial charge is 0.0613 e. The molecule has 0 aromatic rings. The quantitative estimate of drug-likeness (QED) is 0.786. The van der Waals surface area contributed by atoms with E-state index in [1.165, 1.54) is 38.6 Å². The molecule has 17 heavy (non-hydrogen) atoms. The second-order valence-corrected chi connectivity index (χ2v) is 5.88. The fourth-order valence-electron chi connectivity index (χ4n) is 3.77. The topological polar surface area (TPSA) is 35.5 Å². The molecule has 3 heteroatoms. The first-order valence-electron chi connectivity index (χ1n) is 7.30. The van der Waals surface area contributed by atoms with E-state index in [1.807, 2.05) is 7.05 Å². The number of hydrogen-bond donors (Lipinski definition) is 2. The molecule has 1 heterocycles. The van der Waals surface area contributed by atoms with Crippen molar-refractivity contribution in [3.05, 3.63) is 0 Å². The van der Waals surface area contributed by atoms with E-state index in [9.17, 15) is 5.11 Å². The van der Waals surface area contributed by atoms with Gasteiger partial charge in [0.25, 0.3) is 0 Å². The minimum atomic E-state index is 0.000402. The van der Waals surface area contributed by atoms with Crippen molar-refractivity contribution >= 4 is 0 Å². The number of hydrogen-bond acceptors (Lipinski definition) is 3. The molecule has 2 fully saturated rings. The molecule has 100 valence electrons. The Morgan fingerprint density at radius 2 is 2.18 bits per heavy atom. The number of aliphatic hydroxyl groups is 1. The molecular formula is C14H28N2O. The highest BCUT2D eigenvalue weighted by molar-refractivity contribution is 5.00. The maximum atomic E-state index is 9.57. The Bertz CT molecular complexity index is 240. The molecule has 1 aliphatic carbocycles. The fourth-order valence-corrected chi connectivity index (χ4v) is 3.77. The van der Waals surface area contributed by atoms with Gasteiger partial charge in [0.05, 0.1) is 6.61 Å². The zero-order chi connectivity index (χ0) is 12.3. The van der Waals surface area contributed by atoms with Crippen LogP contribution in [0.5, 0.6) is 0 Å². The zero-order valence-electron chi connectivity index (χ0n) is 11.4. The monoisotopic (exact) mass is 240 g/mol. The Labute approximate surface area is 106 Å². The molecule has 0 aromatic heterocycles. The average molecular weight is 240 g/mol. The van der Waals surface area contributed by atoms with Crippen molar-refractivity contribution in [3.63, 3.8) is 0 Å². The van der Waals surface area contributed by atoms with Gasteiger partial charge in [-0.25, -0.2) is 0 Å². The van der Waals surface area contributed by atoms with Crippen molar-refractivity contribution in [3.8, 4) is 0 Å². The minimum Gasteiger partial charge on any atom is -0.394 e. The Hall–Kier alpha value is -0.120. The van der Waals surface area contributed by atoms with Crippen molar-refractivity contribution < 1.29 is 5.11 Å². The number of likely N-dealkylation sites (N-methyl/N-ethyl adjacent to an activating group) is 1. The van der Waals surface area contributed by atoms with Crippen LogP contribution in [0.4, 0.5) is 0 Å². The first-order chi connectivity index (χ1) is 8.24. The number of likely N-dealkylation sites (tertiary alicyclic amines) is 1. The standard InChI is InChI=1S/C14H28N2O/c1-3-12-6-4-5-9-16(12)13-7-8-14(10-13,11-17)15-2/h12-13,15,17H,3-11H2,1-2H3. The van der Waals surface area contributed by atoms with Crippen LogP contribution in [0.2, 0.25) is 0 Å². The molecule has 1 aliphatic heterocycles. The predicted molar refractivity (Wildman–Crippen MR) is 71.2 cm³/mol. The van der Waals surface area contributed by atoms with Crippen molar-refractivity contribution in [2.45, 2.75) is 69.5 Å². The highest BCUT2D eigenvalue weighted by atomic mass is 16.3. The summed E-state index contributed by atoms with van der Waals surface area (Å²) >= 11 is 0. The molecule has 3 atom stereocenters. The molecular weight excluding hydrogens is 212 g/mol. The molecule has 2 rings (SSSR count). The fraction of sp³-hybridized carbons (Fsp3) is 1.00. The lowest BCUT2D eigenvalue weighted by Crippen LogP contribution is -2.49.